The zero-order chi connectivity index (χ0) is 30.6. The quantitative estimate of drug-likeness (QED) is 0.0469. The molecule has 1 atom stereocenters. The summed E-state index contributed by atoms with van der Waals surface area (Å²) in [5, 5.41) is 9.53. The van der Waals surface area contributed by atoms with Crippen LogP contribution in [0, 0.1) is 0 Å². The number of allylic oxidation sites excluding steroid dienone is 6. The van der Waals surface area contributed by atoms with Crippen LogP contribution in [-0.2, 0) is 14.3 Å². The number of unbranched alkanes of at least 4 members (excludes halogenated alkanes) is 19. The highest BCUT2D eigenvalue weighted by Crippen LogP contribution is 2.12. The van der Waals surface area contributed by atoms with E-state index in [2.05, 4.69) is 50.3 Å². The largest absolute Gasteiger partial charge is 0.457 e. The van der Waals surface area contributed by atoms with Gasteiger partial charge < -0.3 is 14.6 Å². The van der Waals surface area contributed by atoms with Gasteiger partial charge in [0.1, 0.15) is 6.10 Å². The molecule has 4 nitrogen and oxygen atoms in total. The predicted octanol–water partition coefficient (Wildman–Crippen LogP) is 11.4. The van der Waals surface area contributed by atoms with E-state index in [1.807, 2.05) is 0 Å². The first kappa shape index (κ1) is 40.6. The highest BCUT2D eigenvalue weighted by Gasteiger charge is 2.13. The summed E-state index contributed by atoms with van der Waals surface area (Å²) < 4.78 is 11.1. The van der Waals surface area contributed by atoms with Crippen molar-refractivity contribution in [2.24, 2.45) is 0 Å². The minimum Gasteiger partial charge on any atom is -0.457 e. The lowest BCUT2D eigenvalue weighted by molar-refractivity contribution is -0.154. The average Bonchev–Trinajstić information content (AvgIpc) is 3.00. The standard InChI is InChI=1S/C38H70O4/c1-3-5-7-9-11-13-15-16-17-18-19-20-21-22-23-24-26-28-30-32-34-41-36-37(35-39)42-38(40)33-31-29-27-25-14-12-10-8-6-4-2/h11,13,16-17,19-20,37,39H,3-10,12,14-15,18,21-36H2,1-2H3/b13-11-,17-16-,20-19-. The molecule has 4 heteroatoms. The molecule has 0 heterocycles. The second-order valence-electron chi connectivity index (χ2n) is 11.9. The van der Waals surface area contributed by atoms with Gasteiger partial charge >= 0.3 is 5.97 Å². The molecule has 1 N–H and O–H groups in total. The van der Waals surface area contributed by atoms with Crippen molar-refractivity contribution in [1.82, 2.24) is 0 Å². The molecular formula is C38H70O4. The van der Waals surface area contributed by atoms with E-state index in [-0.39, 0.29) is 12.6 Å². The number of aliphatic hydroxyl groups is 1. The van der Waals surface area contributed by atoms with E-state index in [0.717, 1.165) is 32.1 Å². The second kappa shape index (κ2) is 35.8. The van der Waals surface area contributed by atoms with Gasteiger partial charge in [0.2, 0.25) is 0 Å². The third-order valence-corrected chi connectivity index (χ3v) is 7.72. The number of aliphatic hydroxyl groups excluding tert-OH is 1. The number of carbonyl (C=O) groups excluding carboxylic acids is 1. The maximum absolute atomic E-state index is 12.1. The van der Waals surface area contributed by atoms with E-state index < -0.39 is 6.10 Å². The van der Waals surface area contributed by atoms with Crippen LogP contribution in [0.3, 0.4) is 0 Å². The third-order valence-electron chi connectivity index (χ3n) is 7.72. The molecule has 0 aliphatic carbocycles. The molecule has 0 spiro atoms. The van der Waals surface area contributed by atoms with Gasteiger partial charge in [0.25, 0.3) is 0 Å². The van der Waals surface area contributed by atoms with Crippen LogP contribution < -0.4 is 0 Å². The van der Waals surface area contributed by atoms with E-state index in [0.29, 0.717) is 19.6 Å². The van der Waals surface area contributed by atoms with Gasteiger partial charge in [-0.3, -0.25) is 4.79 Å². The number of esters is 1. The Labute approximate surface area is 261 Å². The highest BCUT2D eigenvalue weighted by molar-refractivity contribution is 5.69. The summed E-state index contributed by atoms with van der Waals surface area (Å²) in [6.07, 6.45) is 43.2. The molecule has 0 aliphatic heterocycles. The first-order chi connectivity index (χ1) is 20.7. The molecule has 246 valence electrons. The summed E-state index contributed by atoms with van der Waals surface area (Å²) in [7, 11) is 0. The van der Waals surface area contributed by atoms with Crippen LogP contribution in [0.4, 0.5) is 0 Å². The summed E-state index contributed by atoms with van der Waals surface area (Å²) in [5.41, 5.74) is 0. The van der Waals surface area contributed by atoms with E-state index in [4.69, 9.17) is 9.47 Å². The molecule has 0 saturated carbocycles. The van der Waals surface area contributed by atoms with Crippen molar-refractivity contribution in [1.29, 1.82) is 0 Å². The molecule has 0 aromatic heterocycles. The van der Waals surface area contributed by atoms with E-state index in [9.17, 15) is 9.90 Å². The van der Waals surface area contributed by atoms with Gasteiger partial charge in [0.15, 0.2) is 0 Å². The summed E-state index contributed by atoms with van der Waals surface area (Å²) in [5.74, 6) is -0.207. The highest BCUT2D eigenvalue weighted by atomic mass is 16.6. The summed E-state index contributed by atoms with van der Waals surface area (Å²) >= 11 is 0. The number of rotatable bonds is 33. The minimum absolute atomic E-state index is 0.174. The van der Waals surface area contributed by atoms with Crippen molar-refractivity contribution in [2.75, 3.05) is 19.8 Å². The Hall–Kier alpha value is -1.39. The molecule has 0 radical (unpaired) electrons. The van der Waals surface area contributed by atoms with Crippen molar-refractivity contribution in [3.8, 4) is 0 Å². The molecule has 0 bridgehead atoms. The smallest absolute Gasteiger partial charge is 0.306 e. The van der Waals surface area contributed by atoms with Gasteiger partial charge in [-0.25, -0.2) is 0 Å². The molecule has 0 saturated heterocycles. The molecule has 0 rings (SSSR count). The van der Waals surface area contributed by atoms with Crippen molar-refractivity contribution in [3.05, 3.63) is 36.5 Å². The zero-order valence-electron chi connectivity index (χ0n) is 28.0. The Bertz CT molecular complexity index is 625. The summed E-state index contributed by atoms with van der Waals surface area (Å²) in [6.45, 7) is 5.29. The first-order valence-corrected chi connectivity index (χ1v) is 18.1. The van der Waals surface area contributed by atoms with Crippen molar-refractivity contribution < 1.29 is 19.4 Å². The molecule has 0 aromatic carbocycles. The van der Waals surface area contributed by atoms with Gasteiger partial charge in [-0.2, -0.15) is 0 Å². The first-order valence-electron chi connectivity index (χ1n) is 18.1. The fraction of sp³-hybridized carbons (Fsp3) is 0.816. The average molecular weight is 591 g/mol. The van der Waals surface area contributed by atoms with E-state index in [1.165, 1.54) is 122 Å². The van der Waals surface area contributed by atoms with Gasteiger partial charge in [-0.05, 0) is 51.4 Å². The molecule has 0 aromatic rings. The van der Waals surface area contributed by atoms with Gasteiger partial charge in [-0.15, -0.1) is 0 Å². The third kappa shape index (κ3) is 33.1. The zero-order valence-corrected chi connectivity index (χ0v) is 28.0. The van der Waals surface area contributed by atoms with Gasteiger partial charge in [-0.1, -0.05) is 153 Å². The van der Waals surface area contributed by atoms with E-state index in [1.54, 1.807) is 0 Å². The van der Waals surface area contributed by atoms with Crippen LogP contribution in [-0.4, -0.2) is 37.0 Å². The van der Waals surface area contributed by atoms with Crippen LogP contribution in [0.1, 0.15) is 174 Å². The summed E-state index contributed by atoms with van der Waals surface area (Å²) in [4.78, 5) is 12.1. The fourth-order valence-corrected chi connectivity index (χ4v) is 4.98. The molecule has 0 fully saturated rings. The Morgan fingerprint density at radius 2 is 1.00 bits per heavy atom. The molecule has 42 heavy (non-hydrogen) atoms. The van der Waals surface area contributed by atoms with Crippen LogP contribution >= 0.6 is 0 Å². The normalized spacial score (nSPS) is 12.7. The van der Waals surface area contributed by atoms with Crippen LogP contribution in [0.25, 0.3) is 0 Å². The second-order valence-corrected chi connectivity index (χ2v) is 11.9. The number of ether oxygens (including phenoxy) is 2. The van der Waals surface area contributed by atoms with Crippen molar-refractivity contribution >= 4 is 5.97 Å². The maximum atomic E-state index is 12.1. The lowest BCUT2D eigenvalue weighted by Gasteiger charge is -2.16. The number of carbonyl (C=O) groups is 1. The lowest BCUT2D eigenvalue weighted by atomic mass is 10.1. The topological polar surface area (TPSA) is 55.8 Å². The fourth-order valence-electron chi connectivity index (χ4n) is 4.98. The Kier molecular flexibility index (Phi) is 34.6. The summed E-state index contributed by atoms with van der Waals surface area (Å²) in [6, 6.07) is 0. The Morgan fingerprint density at radius 1 is 0.571 bits per heavy atom. The van der Waals surface area contributed by atoms with Gasteiger partial charge in [0.05, 0.1) is 13.2 Å². The minimum atomic E-state index is -0.534. The monoisotopic (exact) mass is 591 g/mol. The molecule has 0 aliphatic rings. The van der Waals surface area contributed by atoms with Gasteiger partial charge in [0, 0.05) is 13.0 Å². The molecule has 0 amide bonds. The van der Waals surface area contributed by atoms with E-state index >= 15 is 0 Å². The van der Waals surface area contributed by atoms with Crippen LogP contribution in [0.5, 0.6) is 0 Å². The molecule has 1 unspecified atom stereocenters. The van der Waals surface area contributed by atoms with Crippen molar-refractivity contribution in [2.45, 2.75) is 180 Å². The lowest BCUT2D eigenvalue weighted by Crippen LogP contribution is -2.27. The Balaban J connectivity index is 3.46. The SMILES string of the molecule is CCCCC/C=C\C/C=C\C/C=C\CCCCCCCCCOCC(CO)OC(=O)CCCCCCCCCCCC. The van der Waals surface area contributed by atoms with Crippen LogP contribution in [0.15, 0.2) is 36.5 Å². The predicted molar refractivity (Wildman–Crippen MR) is 182 cm³/mol. The molecular weight excluding hydrogens is 520 g/mol. The number of hydrogen-bond acceptors (Lipinski definition) is 4. The maximum Gasteiger partial charge on any atom is 0.306 e. The Morgan fingerprint density at radius 3 is 1.55 bits per heavy atom. The van der Waals surface area contributed by atoms with Crippen LogP contribution in [0.2, 0.25) is 0 Å². The van der Waals surface area contributed by atoms with Crippen molar-refractivity contribution in [3.63, 3.8) is 0 Å². The number of hydrogen-bond donors (Lipinski definition) is 1.